The van der Waals surface area contributed by atoms with Crippen LogP contribution in [-0.2, 0) is 0 Å². The minimum atomic E-state index is -0.119. The van der Waals surface area contributed by atoms with Crippen molar-refractivity contribution in [1.29, 1.82) is 0 Å². The lowest BCUT2D eigenvalue weighted by Gasteiger charge is -2.29. The van der Waals surface area contributed by atoms with Crippen molar-refractivity contribution in [2.75, 3.05) is 24.6 Å². The molecular weight excluding hydrogens is 406 g/mol. The topological polar surface area (TPSA) is 0 Å². The van der Waals surface area contributed by atoms with Gasteiger partial charge >= 0.3 is 0 Å². The monoisotopic (exact) mass is 448 g/mol. The fraction of sp³-hybridized carbons (Fsp3) is 0.615. The largest absolute Gasteiger partial charge is 0.142 e. The number of thiophene rings is 1. The molecule has 2 aromatic rings. The maximum absolute atomic E-state index is 2.57. The van der Waals surface area contributed by atoms with E-state index in [1.165, 1.54) is 30.2 Å². The lowest BCUT2D eigenvalue weighted by atomic mass is 10.2. The molecule has 0 spiro atoms. The Labute approximate surface area is 187 Å². The number of benzene rings is 1. The Morgan fingerprint density at radius 2 is 1.10 bits per heavy atom. The molecule has 0 fully saturated rings. The van der Waals surface area contributed by atoms with Gasteiger partial charge in [0, 0.05) is 10.2 Å². The van der Waals surface area contributed by atoms with Crippen LogP contribution in [0.25, 0.3) is 10.4 Å². The molecule has 0 radical (unpaired) electrons. The number of hydrogen-bond donors (Lipinski definition) is 0. The van der Waals surface area contributed by atoms with E-state index in [4.69, 9.17) is 0 Å². The highest BCUT2D eigenvalue weighted by Crippen LogP contribution is 2.48. The molecule has 0 nitrogen and oxygen atoms in total. The van der Waals surface area contributed by atoms with Gasteiger partial charge < -0.3 is 0 Å². The summed E-state index contributed by atoms with van der Waals surface area (Å²) in [5.41, 5.74) is 1.43. The van der Waals surface area contributed by atoms with E-state index in [1.807, 2.05) is 11.3 Å². The first-order chi connectivity index (χ1) is 13.7. The van der Waals surface area contributed by atoms with Crippen molar-refractivity contribution in [2.45, 2.75) is 55.4 Å². The van der Waals surface area contributed by atoms with E-state index < -0.39 is 0 Å². The molecule has 0 saturated heterocycles. The van der Waals surface area contributed by atoms with Crippen LogP contribution < -0.4 is 10.6 Å². The van der Waals surface area contributed by atoms with Crippen molar-refractivity contribution in [3.05, 3.63) is 35.7 Å². The second-order valence-corrected chi connectivity index (χ2v) is 15.5. The van der Waals surface area contributed by atoms with Gasteiger partial charge in [0.2, 0.25) is 0 Å². The van der Waals surface area contributed by atoms with Gasteiger partial charge in [-0.1, -0.05) is 102 Å². The molecule has 1 aromatic heterocycles. The summed E-state index contributed by atoms with van der Waals surface area (Å²) in [5, 5.41) is 6.12. The molecule has 3 heteroatoms. The average molecular weight is 449 g/mol. The first-order valence-electron chi connectivity index (χ1n) is 11.4. The average Bonchev–Trinajstić information content (AvgIpc) is 3.04. The highest BCUT2D eigenvalue weighted by Gasteiger charge is 2.28. The van der Waals surface area contributed by atoms with E-state index in [0.717, 1.165) is 23.7 Å². The minimum absolute atomic E-state index is 0.0808. The molecule has 1 aromatic carbocycles. The van der Waals surface area contributed by atoms with Crippen molar-refractivity contribution in [1.82, 2.24) is 0 Å². The molecule has 0 aliphatic heterocycles. The van der Waals surface area contributed by atoms with E-state index >= 15 is 0 Å². The maximum atomic E-state index is 2.57. The summed E-state index contributed by atoms with van der Waals surface area (Å²) in [5.74, 6) is 3.07. The van der Waals surface area contributed by atoms with E-state index in [2.05, 4.69) is 91.1 Å². The van der Waals surface area contributed by atoms with Gasteiger partial charge in [0.25, 0.3) is 0 Å². The van der Waals surface area contributed by atoms with Crippen molar-refractivity contribution in [2.24, 2.45) is 23.7 Å². The zero-order valence-electron chi connectivity index (χ0n) is 19.9. The predicted octanol–water partition coefficient (Wildman–Crippen LogP) is 8.25. The molecule has 162 valence electrons. The predicted molar refractivity (Wildman–Crippen MR) is 142 cm³/mol. The van der Waals surface area contributed by atoms with Crippen LogP contribution in [0.1, 0.15) is 55.4 Å². The molecule has 0 atom stereocenters. The normalized spacial score (nSPS) is 12.5. The Kier molecular flexibility index (Phi) is 10.3. The molecule has 0 aliphatic carbocycles. The van der Waals surface area contributed by atoms with Gasteiger partial charge in [0.1, 0.15) is 0 Å². The van der Waals surface area contributed by atoms with Crippen LogP contribution >= 0.6 is 27.2 Å². The van der Waals surface area contributed by atoms with E-state index in [1.54, 1.807) is 15.5 Å². The van der Waals surface area contributed by atoms with Crippen molar-refractivity contribution >= 4 is 37.8 Å². The van der Waals surface area contributed by atoms with E-state index in [0.29, 0.717) is 0 Å². The standard InChI is InChI=1S/C26H42P2S/c1-19(2)14-27(15-20(3)4)24-18-29-26(23-12-10-9-11-13-23)25(24)28(16-21(5)6)17-22(7)8/h9-13,18-22H,14-17H2,1-8H3. The van der Waals surface area contributed by atoms with Crippen molar-refractivity contribution in [3.8, 4) is 10.4 Å². The third-order valence-electron chi connectivity index (χ3n) is 4.78. The molecule has 1 heterocycles. The molecule has 0 amide bonds. The molecule has 0 N–H and O–H groups in total. The van der Waals surface area contributed by atoms with Gasteiger partial charge in [0.15, 0.2) is 0 Å². The second-order valence-electron chi connectivity index (χ2n) is 10.1. The third-order valence-corrected chi connectivity index (χ3v) is 13.1. The Morgan fingerprint density at radius 1 is 0.655 bits per heavy atom. The van der Waals surface area contributed by atoms with E-state index in [-0.39, 0.29) is 15.8 Å². The Balaban J connectivity index is 2.61. The summed E-state index contributed by atoms with van der Waals surface area (Å²) in [6, 6.07) is 11.2. The lowest BCUT2D eigenvalue weighted by molar-refractivity contribution is 0.720. The number of rotatable bonds is 11. The van der Waals surface area contributed by atoms with Crippen LogP contribution in [0.2, 0.25) is 0 Å². The number of hydrogen-bond acceptors (Lipinski definition) is 1. The van der Waals surface area contributed by atoms with Crippen LogP contribution in [0.3, 0.4) is 0 Å². The summed E-state index contributed by atoms with van der Waals surface area (Å²) in [6.07, 6.45) is 5.48. The zero-order valence-corrected chi connectivity index (χ0v) is 22.5. The van der Waals surface area contributed by atoms with Crippen LogP contribution in [0.5, 0.6) is 0 Å². The quantitative estimate of drug-likeness (QED) is 0.304. The molecule has 0 aliphatic rings. The van der Waals surface area contributed by atoms with Gasteiger partial charge in [-0.3, -0.25) is 0 Å². The molecule has 0 bridgehead atoms. The third kappa shape index (κ3) is 7.76. The smallest absolute Gasteiger partial charge is 0.0426 e. The van der Waals surface area contributed by atoms with Gasteiger partial charge in [-0.25, -0.2) is 0 Å². The Morgan fingerprint density at radius 3 is 1.55 bits per heavy atom. The van der Waals surface area contributed by atoms with Gasteiger partial charge in [-0.05, 0) is 64.6 Å². The van der Waals surface area contributed by atoms with Gasteiger partial charge in [-0.2, -0.15) is 0 Å². The summed E-state index contributed by atoms with van der Waals surface area (Å²) >= 11 is 2.03. The van der Waals surface area contributed by atoms with Crippen molar-refractivity contribution in [3.63, 3.8) is 0 Å². The molecular formula is C26H42P2S. The highest BCUT2D eigenvalue weighted by atomic mass is 32.1. The fourth-order valence-electron chi connectivity index (χ4n) is 3.96. The summed E-state index contributed by atoms with van der Waals surface area (Å²) in [4.78, 5) is 1.58. The minimum Gasteiger partial charge on any atom is -0.142 e. The zero-order chi connectivity index (χ0) is 21.6. The summed E-state index contributed by atoms with van der Waals surface area (Å²) in [7, 11) is -0.199. The second kappa shape index (κ2) is 12.0. The Bertz CT molecular complexity index is 696. The van der Waals surface area contributed by atoms with Crippen molar-refractivity contribution < 1.29 is 0 Å². The fourth-order valence-corrected chi connectivity index (χ4v) is 12.9. The molecule has 29 heavy (non-hydrogen) atoms. The van der Waals surface area contributed by atoms with Crippen LogP contribution in [-0.4, -0.2) is 24.6 Å². The molecule has 0 saturated carbocycles. The Hall–Kier alpha value is -0.220. The van der Waals surface area contributed by atoms with Crippen LogP contribution in [0.15, 0.2) is 35.7 Å². The molecule has 2 rings (SSSR count). The lowest BCUT2D eigenvalue weighted by Crippen LogP contribution is -2.27. The van der Waals surface area contributed by atoms with E-state index in [9.17, 15) is 0 Å². The summed E-state index contributed by atoms with van der Waals surface area (Å²) in [6.45, 7) is 19.3. The van der Waals surface area contributed by atoms with Gasteiger partial charge in [-0.15, -0.1) is 11.3 Å². The van der Waals surface area contributed by atoms with Gasteiger partial charge in [0.05, 0.1) is 0 Å². The van der Waals surface area contributed by atoms with Crippen LogP contribution in [0, 0.1) is 23.7 Å². The SMILES string of the molecule is CC(C)CP(CC(C)C)c1csc(-c2ccccc2)c1P(CC(C)C)CC(C)C. The maximum Gasteiger partial charge on any atom is 0.0426 e. The first-order valence-corrected chi connectivity index (χ1v) is 15.7. The first kappa shape index (κ1) is 25.0. The highest BCUT2D eigenvalue weighted by molar-refractivity contribution is 7.73. The van der Waals surface area contributed by atoms with Crippen LogP contribution in [0.4, 0.5) is 0 Å². The molecule has 0 unspecified atom stereocenters. The summed E-state index contributed by atoms with van der Waals surface area (Å²) < 4.78 is 0.